The Labute approximate surface area is 139 Å². The maximum absolute atomic E-state index is 11.9. The number of H-pyrrole nitrogens is 1. The first-order valence-corrected chi connectivity index (χ1v) is 8.07. The van der Waals surface area contributed by atoms with Gasteiger partial charge in [0.2, 0.25) is 0 Å². The number of aromatic amines is 1. The van der Waals surface area contributed by atoms with Gasteiger partial charge in [-0.05, 0) is 40.8 Å². The Hall–Kier alpha value is -1.61. The molecule has 0 aliphatic heterocycles. The Morgan fingerprint density at radius 2 is 2.19 bits per heavy atom. The van der Waals surface area contributed by atoms with E-state index in [9.17, 15) is 4.79 Å². The van der Waals surface area contributed by atoms with Crippen molar-refractivity contribution >= 4 is 51.3 Å². The van der Waals surface area contributed by atoms with Crippen molar-refractivity contribution in [1.29, 1.82) is 0 Å². The van der Waals surface area contributed by atoms with Gasteiger partial charge in [-0.15, -0.1) is 0 Å². The lowest BCUT2D eigenvalue weighted by Crippen LogP contribution is -2.18. The standard InChI is InChI=1S/C14H11IN4OS/c1-16-14(20)9-4-2-3-5-11(9)21-8-6-10-12(17-7-8)13(15)19-18-10/h2-7H,1H3,(H,16,20)(H,18,19). The first-order chi connectivity index (χ1) is 10.2. The maximum Gasteiger partial charge on any atom is 0.252 e. The van der Waals surface area contributed by atoms with Crippen molar-refractivity contribution in [2.75, 3.05) is 7.05 Å². The molecule has 5 nitrogen and oxygen atoms in total. The van der Waals surface area contributed by atoms with Crippen molar-refractivity contribution in [3.8, 4) is 0 Å². The van der Waals surface area contributed by atoms with E-state index in [2.05, 4.69) is 43.1 Å². The van der Waals surface area contributed by atoms with Crippen LogP contribution in [0.15, 0.2) is 46.3 Å². The molecular weight excluding hydrogens is 399 g/mol. The van der Waals surface area contributed by atoms with Gasteiger partial charge in [-0.25, -0.2) is 0 Å². The SMILES string of the molecule is CNC(=O)c1ccccc1Sc1cnc2c(I)n[nH]c2c1. The van der Waals surface area contributed by atoms with Gasteiger partial charge in [0.25, 0.3) is 5.91 Å². The van der Waals surface area contributed by atoms with Crippen molar-refractivity contribution in [2.24, 2.45) is 0 Å². The molecule has 3 rings (SSSR count). The zero-order valence-corrected chi connectivity index (χ0v) is 14.0. The van der Waals surface area contributed by atoms with Crippen LogP contribution in [-0.2, 0) is 0 Å². The van der Waals surface area contributed by atoms with E-state index in [1.165, 1.54) is 11.8 Å². The van der Waals surface area contributed by atoms with Crippen molar-refractivity contribution in [3.05, 3.63) is 45.8 Å². The highest BCUT2D eigenvalue weighted by Crippen LogP contribution is 2.31. The summed E-state index contributed by atoms with van der Waals surface area (Å²) in [5.41, 5.74) is 2.41. The van der Waals surface area contributed by atoms with Crippen LogP contribution in [0.25, 0.3) is 11.0 Å². The zero-order valence-electron chi connectivity index (χ0n) is 11.1. The third-order valence-electron chi connectivity index (χ3n) is 2.92. The van der Waals surface area contributed by atoms with Crippen LogP contribution in [0.3, 0.4) is 0 Å². The molecule has 106 valence electrons. The van der Waals surface area contributed by atoms with Crippen LogP contribution < -0.4 is 5.32 Å². The smallest absolute Gasteiger partial charge is 0.252 e. The lowest BCUT2D eigenvalue weighted by Gasteiger charge is -2.07. The number of carbonyl (C=O) groups excluding carboxylic acids is 1. The van der Waals surface area contributed by atoms with Crippen molar-refractivity contribution < 1.29 is 4.79 Å². The molecule has 3 aromatic rings. The second-order valence-electron chi connectivity index (χ2n) is 4.26. The van der Waals surface area contributed by atoms with Crippen LogP contribution in [0.1, 0.15) is 10.4 Å². The Kier molecular flexibility index (Phi) is 4.11. The topological polar surface area (TPSA) is 70.7 Å². The van der Waals surface area contributed by atoms with E-state index in [0.717, 1.165) is 24.5 Å². The molecule has 0 bridgehead atoms. The molecule has 0 aliphatic rings. The normalized spacial score (nSPS) is 10.8. The summed E-state index contributed by atoms with van der Waals surface area (Å²) in [4.78, 5) is 18.1. The third-order valence-corrected chi connectivity index (χ3v) is 4.71. The third kappa shape index (κ3) is 2.88. The number of halogens is 1. The number of rotatable bonds is 3. The van der Waals surface area contributed by atoms with E-state index in [1.54, 1.807) is 13.2 Å². The van der Waals surface area contributed by atoms with E-state index in [1.807, 2.05) is 30.3 Å². The number of benzene rings is 1. The van der Waals surface area contributed by atoms with Gasteiger partial charge in [0.15, 0.2) is 0 Å². The highest BCUT2D eigenvalue weighted by molar-refractivity contribution is 14.1. The van der Waals surface area contributed by atoms with Crippen molar-refractivity contribution in [1.82, 2.24) is 20.5 Å². The van der Waals surface area contributed by atoms with Gasteiger partial charge in [0, 0.05) is 23.0 Å². The molecule has 7 heteroatoms. The summed E-state index contributed by atoms with van der Waals surface area (Å²) in [6.45, 7) is 0. The molecule has 0 aliphatic carbocycles. The van der Waals surface area contributed by atoms with Crippen molar-refractivity contribution in [3.63, 3.8) is 0 Å². The molecule has 2 N–H and O–H groups in total. The minimum absolute atomic E-state index is 0.0942. The van der Waals surface area contributed by atoms with Crippen molar-refractivity contribution in [2.45, 2.75) is 9.79 Å². The predicted molar refractivity (Wildman–Crippen MR) is 90.6 cm³/mol. The summed E-state index contributed by atoms with van der Waals surface area (Å²) in [7, 11) is 1.63. The molecule has 0 unspecified atom stereocenters. The first-order valence-electron chi connectivity index (χ1n) is 6.17. The Morgan fingerprint density at radius 3 is 3.00 bits per heavy atom. The molecule has 21 heavy (non-hydrogen) atoms. The van der Waals surface area contributed by atoms with Gasteiger partial charge in [-0.3, -0.25) is 14.9 Å². The molecule has 0 saturated carbocycles. The zero-order chi connectivity index (χ0) is 14.8. The number of aromatic nitrogens is 3. The first kappa shape index (κ1) is 14.3. The molecule has 1 amide bonds. The largest absolute Gasteiger partial charge is 0.355 e. The number of pyridine rings is 1. The van der Waals surface area contributed by atoms with E-state index in [4.69, 9.17) is 0 Å². The summed E-state index contributed by atoms with van der Waals surface area (Å²) in [6.07, 6.45) is 1.80. The van der Waals surface area contributed by atoms with Gasteiger partial charge in [-0.1, -0.05) is 23.9 Å². The lowest BCUT2D eigenvalue weighted by atomic mass is 10.2. The predicted octanol–water partition coefficient (Wildman–Crippen LogP) is 3.07. The summed E-state index contributed by atoms with van der Waals surface area (Å²) >= 11 is 3.65. The highest BCUT2D eigenvalue weighted by atomic mass is 127. The number of fused-ring (bicyclic) bond motifs is 1. The van der Waals surface area contributed by atoms with Gasteiger partial charge in [0.1, 0.15) is 9.22 Å². The van der Waals surface area contributed by atoms with Gasteiger partial charge in [-0.2, -0.15) is 5.10 Å². The number of amides is 1. The number of nitrogens with one attached hydrogen (secondary N) is 2. The molecule has 1 aromatic carbocycles. The van der Waals surface area contributed by atoms with E-state index < -0.39 is 0 Å². The molecule has 0 fully saturated rings. The minimum atomic E-state index is -0.0942. The summed E-state index contributed by atoms with van der Waals surface area (Å²) in [6, 6.07) is 9.50. The van der Waals surface area contributed by atoms with Gasteiger partial charge in [0.05, 0.1) is 11.1 Å². The van der Waals surface area contributed by atoms with E-state index in [0.29, 0.717) is 5.56 Å². The van der Waals surface area contributed by atoms with Crippen LogP contribution in [0.2, 0.25) is 0 Å². The van der Waals surface area contributed by atoms with Crippen LogP contribution >= 0.6 is 34.4 Å². The number of hydrogen-bond acceptors (Lipinski definition) is 4. The average Bonchev–Trinajstić information content (AvgIpc) is 2.88. The highest BCUT2D eigenvalue weighted by Gasteiger charge is 2.11. The van der Waals surface area contributed by atoms with Gasteiger partial charge < -0.3 is 5.32 Å². The minimum Gasteiger partial charge on any atom is -0.355 e. The van der Waals surface area contributed by atoms with Crippen LogP contribution in [-0.4, -0.2) is 28.1 Å². The molecule has 0 spiro atoms. The monoisotopic (exact) mass is 410 g/mol. The molecule has 2 aromatic heterocycles. The summed E-state index contributed by atoms with van der Waals surface area (Å²) in [5, 5.41) is 9.73. The number of nitrogens with zero attached hydrogens (tertiary/aromatic N) is 2. The second kappa shape index (κ2) is 6.02. The number of carbonyl (C=O) groups is 1. The molecule has 0 saturated heterocycles. The molecule has 2 heterocycles. The molecule has 0 radical (unpaired) electrons. The summed E-state index contributed by atoms with van der Waals surface area (Å²) in [5.74, 6) is -0.0942. The Balaban J connectivity index is 1.97. The quantitative estimate of drug-likeness (QED) is 0.652. The van der Waals surface area contributed by atoms with Crippen LogP contribution in [0.5, 0.6) is 0 Å². The fraction of sp³-hybridized carbons (Fsp3) is 0.0714. The maximum atomic E-state index is 11.9. The Morgan fingerprint density at radius 1 is 1.38 bits per heavy atom. The summed E-state index contributed by atoms with van der Waals surface area (Å²) < 4.78 is 0.852. The van der Waals surface area contributed by atoms with Gasteiger partial charge >= 0.3 is 0 Å². The van der Waals surface area contributed by atoms with Crippen LogP contribution in [0.4, 0.5) is 0 Å². The average molecular weight is 410 g/mol. The van der Waals surface area contributed by atoms with E-state index >= 15 is 0 Å². The fourth-order valence-electron chi connectivity index (χ4n) is 1.92. The Bertz CT molecular complexity index is 818. The van der Waals surface area contributed by atoms with E-state index in [-0.39, 0.29) is 5.91 Å². The second-order valence-corrected chi connectivity index (χ2v) is 6.40. The molecule has 0 atom stereocenters. The molecular formula is C14H11IN4OS. The fourth-order valence-corrected chi connectivity index (χ4v) is 3.42. The number of hydrogen-bond donors (Lipinski definition) is 2. The van der Waals surface area contributed by atoms with Crippen LogP contribution in [0, 0.1) is 3.70 Å². The lowest BCUT2D eigenvalue weighted by molar-refractivity contribution is 0.0960.